The molecule has 1 fully saturated rings. The summed E-state index contributed by atoms with van der Waals surface area (Å²) in [6.07, 6.45) is 4.39. The first-order valence-electron chi connectivity index (χ1n) is 7.38. The topological polar surface area (TPSA) is 74.2 Å². The molecule has 2 N–H and O–H groups in total. The van der Waals surface area contributed by atoms with Crippen LogP contribution in [0.5, 0.6) is 5.75 Å². The Bertz CT molecular complexity index is 630. The number of hydrogen-bond donors (Lipinski definition) is 1. The zero-order valence-corrected chi connectivity index (χ0v) is 12.6. The molecular formula is C16H21N3O2. The molecule has 3 rings (SSSR count). The molecule has 0 saturated heterocycles. The number of nitrogens with zero attached hydrogens (tertiary/aromatic N) is 2. The van der Waals surface area contributed by atoms with Crippen LogP contribution >= 0.6 is 0 Å². The van der Waals surface area contributed by atoms with E-state index in [-0.39, 0.29) is 5.41 Å². The minimum atomic E-state index is -0.136. The second-order valence-corrected chi connectivity index (χ2v) is 5.82. The van der Waals surface area contributed by atoms with Gasteiger partial charge in [0, 0.05) is 6.54 Å². The van der Waals surface area contributed by atoms with E-state index in [2.05, 4.69) is 10.1 Å². The minimum absolute atomic E-state index is 0.136. The lowest BCUT2D eigenvalue weighted by Gasteiger charge is -2.21. The Balaban J connectivity index is 1.99. The molecule has 1 saturated carbocycles. The number of hydrogen-bond acceptors (Lipinski definition) is 5. The van der Waals surface area contributed by atoms with Gasteiger partial charge in [-0.2, -0.15) is 4.98 Å². The molecule has 1 aliphatic rings. The fraction of sp³-hybridized carbons (Fsp3) is 0.500. The molecule has 21 heavy (non-hydrogen) atoms. The summed E-state index contributed by atoms with van der Waals surface area (Å²) in [6, 6.07) is 5.95. The van der Waals surface area contributed by atoms with Crippen molar-refractivity contribution in [3.05, 3.63) is 29.7 Å². The van der Waals surface area contributed by atoms with Crippen LogP contribution < -0.4 is 10.5 Å². The standard InChI is InChI=1S/C16H21N3O2/c1-11-5-6-12(13(9-11)20-2)14-18-15(21-19-14)16(10-17)7-3-4-8-16/h5-6,9H,3-4,7-8,10,17H2,1-2H3. The van der Waals surface area contributed by atoms with Crippen LogP contribution in [-0.2, 0) is 5.41 Å². The number of nitrogens with two attached hydrogens (primary N) is 1. The Hall–Kier alpha value is -1.88. The first kappa shape index (κ1) is 14.1. The predicted molar refractivity (Wildman–Crippen MR) is 80.2 cm³/mol. The SMILES string of the molecule is COc1cc(C)ccc1-c1noc(C2(CN)CCCC2)n1. The van der Waals surface area contributed by atoms with Crippen LogP contribution in [0.3, 0.4) is 0 Å². The molecule has 1 aromatic carbocycles. The van der Waals surface area contributed by atoms with Crippen LogP contribution in [0, 0.1) is 6.92 Å². The highest BCUT2D eigenvalue weighted by Gasteiger charge is 2.39. The molecule has 5 nitrogen and oxygen atoms in total. The van der Waals surface area contributed by atoms with Crippen LogP contribution in [0.1, 0.15) is 37.1 Å². The number of aromatic nitrogens is 2. The average molecular weight is 287 g/mol. The molecule has 112 valence electrons. The number of aryl methyl sites for hydroxylation is 1. The van der Waals surface area contributed by atoms with Crippen molar-refractivity contribution in [3.8, 4) is 17.1 Å². The van der Waals surface area contributed by atoms with Gasteiger partial charge in [0.15, 0.2) is 0 Å². The maximum Gasteiger partial charge on any atom is 0.234 e. The van der Waals surface area contributed by atoms with Crippen LogP contribution in [0.15, 0.2) is 22.7 Å². The van der Waals surface area contributed by atoms with Gasteiger partial charge in [-0.25, -0.2) is 0 Å². The lowest BCUT2D eigenvalue weighted by molar-refractivity contribution is 0.284. The average Bonchev–Trinajstić information content (AvgIpc) is 3.16. The second-order valence-electron chi connectivity index (χ2n) is 5.82. The van der Waals surface area contributed by atoms with Crippen molar-refractivity contribution < 1.29 is 9.26 Å². The van der Waals surface area contributed by atoms with Crippen molar-refractivity contribution in [3.63, 3.8) is 0 Å². The van der Waals surface area contributed by atoms with E-state index in [1.165, 1.54) is 12.8 Å². The Morgan fingerprint density at radius 3 is 2.76 bits per heavy atom. The molecule has 0 aliphatic heterocycles. The third-order valence-corrected chi connectivity index (χ3v) is 4.43. The fourth-order valence-electron chi connectivity index (χ4n) is 3.09. The van der Waals surface area contributed by atoms with Gasteiger partial charge in [0.25, 0.3) is 0 Å². The van der Waals surface area contributed by atoms with Gasteiger partial charge in [-0.1, -0.05) is 24.1 Å². The summed E-state index contributed by atoms with van der Waals surface area (Å²) in [6.45, 7) is 2.58. The summed E-state index contributed by atoms with van der Waals surface area (Å²) in [7, 11) is 1.65. The highest BCUT2D eigenvalue weighted by atomic mass is 16.5. The summed E-state index contributed by atoms with van der Waals surface area (Å²) in [5, 5.41) is 4.14. The van der Waals surface area contributed by atoms with Crippen LogP contribution in [0.2, 0.25) is 0 Å². The summed E-state index contributed by atoms with van der Waals surface area (Å²) in [5.74, 6) is 2.00. The Morgan fingerprint density at radius 1 is 1.33 bits per heavy atom. The number of benzene rings is 1. The van der Waals surface area contributed by atoms with Crippen molar-refractivity contribution in [1.29, 1.82) is 0 Å². The third-order valence-electron chi connectivity index (χ3n) is 4.43. The highest BCUT2D eigenvalue weighted by molar-refractivity contribution is 5.64. The zero-order valence-electron chi connectivity index (χ0n) is 12.6. The molecule has 1 aliphatic carbocycles. The number of rotatable bonds is 4. The lowest BCUT2D eigenvalue weighted by atomic mass is 9.86. The van der Waals surface area contributed by atoms with E-state index in [0.29, 0.717) is 18.3 Å². The van der Waals surface area contributed by atoms with Gasteiger partial charge in [0.1, 0.15) is 5.75 Å². The summed E-state index contributed by atoms with van der Waals surface area (Å²) < 4.78 is 11.0. The first-order valence-corrected chi connectivity index (χ1v) is 7.38. The number of ether oxygens (including phenoxy) is 1. The molecule has 0 spiro atoms. The van der Waals surface area contributed by atoms with Crippen molar-refractivity contribution in [1.82, 2.24) is 10.1 Å². The molecule has 0 bridgehead atoms. The molecule has 5 heteroatoms. The maximum absolute atomic E-state index is 5.97. The quantitative estimate of drug-likeness (QED) is 0.936. The van der Waals surface area contributed by atoms with Crippen molar-refractivity contribution in [2.24, 2.45) is 5.73 Å². The van der Waals surface area contributed by atoms with E-state index in [1.54, 1.807) is 7.11 Å². The van der Waals surface area contributed by atoms with Crippen molar-refractivity contribution in [2.75, 3.05) is 13.7 Å². The second kappa shape index (κ2) is 5.48. The molecule has 0 atom stereocenters. The first-order chi connectivity index (χ1) is 10.2. The van der Waals surface area contributed by atoms with Crippen molar-refractivity contribution >= 4 is 0 Å². The van der Waals surface area contributed by atoms with Crippen molar-refractivity contribution in [2.45, 2.75) is 38.0 Å². The Morgan fingerprint density at radius 2 is 2.10 bits per heavy atom. The van der Waals surface area contributed by atoms with Gasteiger partial charge in [0.2, 0.25) is 11.7 Å². The molecule has 0 amide bonds. The molecule has 2 aromatic rings. The Kier molecular flexibility index (Phi) is 3.68. The zero-order chi connectivity index (χ0) is 14.9. The normalized spacial score (nSPS) is 17.1. The van der Waals surface area contributed by atoms with Gasteiger partial charge < -0.3 is 15.0 Å². The fourth-order valence-corrected chi connectivity index (χ4v) is 3.09. The van der Waals surface area contributed by atoms with E-state index in [9.17, 15) is 0 Å². The van der Waals surface area contributed by atoms with E-state index in [4.69, 9.17) is 15.0 Å². The summed E-state index contributed by atoms with van der Waals surface area (Å²) >= 11 is 0. The van der Waals surface area contributed by atoms with Gasteiger partial charge >= 0.3 is 0 Å². The largest absolute Gasteiger partial charge is 0.496 e. The third kappa shape index (κ3) is 2.42. The van der Waals surface area contributed by atoms with Crippen LogP contribution in [-0.4, -0.2) is 23.8 Å². The van der Waals surface area contributed by atoms with Gasteiger partial charge in [-0.15, -0.1) is 0 Å². The molecule has 0 radical (unpaired) electrons. The van der Waals surface area contributed by atoms with E-state index in [1.807, 2.05) is 25.1 Å². The van der Waals surface area contributed by atoms with E-state index >= 15 is 0 Å². The molecular weight excluding hydrogens is 266 g/mol. The maximum atomic E-state index is 5.97. The van der Waals surface area contributed by atoms with Gasteiger partial charge in [-0.05, 0) is 37.5 Å². The minimum Gasteiger partial charge on any atom is -0.496 e. The lowest BCUT2D eigenvalue weighted by Crippen LogP contribution is -2.32. The smallest absolute Gasteiger partial charge is 0.234 e. The molecule has 0 unspecified atom stereocenters. The monoisotopic (exact) mass is 287 g/mol. The number of methoxy groups -OCH3 is 1. The summed E-state index contributed by atoms with van der Waals surface area (Å²) in [5.41, 5.74) is 7.82. The van der Waals surface area contributed by atoms with E-state index in [0.717, 1.165) is 29.7 Å². The Labute approximate surface area is 124 Å². The predicted octanol–water partition coefficient (Wildman–Crippen LogP) is 2.82. The molecule has 1 aromatic heterocycles. The van der Waals surface area contributed by atoms with Crippen LogP contribution in [0.4, 0.5) is 0 Å². The van der Waals surface area contributed by atoms with Gasteiger partial charge in [-0.3, -0.25) is 0 Å². The van der Waals surface area contributed by atoms with E-state index < -0.39 is 0 Å². The molecule has 1 heterocycles. The van der Waals surface area contributed by atoms with Gasteiger partial charge in [0.05, 0.1) is 18.1 Å². The summed E-state index contributed by atoms with van der Waals surface area (Å²) in [4.78, 5) is 4.61. The highest BCUT2D eigenvalue weighted by Crippen LogP contribution is 2.40. The van der Waals surface area contributed by atoms with Crippen LogP contribution in [0.25, 0.3) is 11.4 Å².